The number of carbonyl (C=O) groups excluding carboxylic acids is 1. The number of sulfonamides is 1. The van der Waals surface area contributed by atoms with Gasteiger partial charge < -0.3 is 19.5 Å². The number of methoxy groups -OCH3 is 1. The molecular weight excluding hydrogens is 573 g/mol. The van der Waals surface area contributed by atoms with Crippen LogP contribution in [0.1, 0.15) is 29.0 Å². The highest BCUT2D eigenvalue weighted by Crippen LogP contribution is 2.43. The van der Waals surface area contributed by atoms with Gasteiger partial charge >= 0.3 is 0 Å². The number of aromatic nitrogens is 3. The van der Waals surface area contributed by atoms with Crippen LogP contribution in [0.4, 0.5) is 10.1 Å². The van der Waals surface area contributed by atoms with Crippen LogP contribution in [0, 0.1) is 0 Å². The number of allylic oxidation sites excluding steroid dienone is 4. The molecule has 1 aliphatic carbocycles. The van der Waals surface area contributed by atoms with Crippen LogP contribution in [-0.4, -0.2) is 56.7 Å². The van der Waals surface area contributed by atoms with E-state index in [1.165, 1.54) is 20.2 Å². The molecule has 6 rings (SSSR count). The minimum atomic E-state index is -3.70. The van der Waals surface area contributed by atoms with E-state index in [1.807, 2.05) is 18.2 Å². The van der Waals surface area contributed by atoms with Crippen LogP contribution in [0.2, 0.25) is 0 Å². The molecule has 0 atom stereocenters. The third kappa shape index (κ3) is 5.03. The maximum absolute atomic E-state index is 13.8. The molecule has 0 saturated heterocycles. The van der Waals surface area contributed by atoms with E-state index in [-0.39, 0.29) is 23.7 Å². The maximum Gasteiger partial charge on any atom is 0.255 e. The lowest BCUT2D eigenvalue weighted by Crippen LogP contribution is -2.25. The molecule has 0 aliphatic heterocycles. The van der Waals surface area contributed by atoms with Crippen molar-refractivity contribution in [1.29, 1.82) is 0 Å². The third-order valence-corrected chi connectivity index (χ3v) is 8.70. The minimum absolute atomic E-state index is 0.190. The Morgan fingerprint density at radius 2 is 1.95 bits per heavy atom. The van der Waals surface area contributed by atoms with Gasteiger partial charge in [0.2, 0.25) is 10.0 Å². The Morgan fingerprint density at radius 1 is 1.14 bits per heavy atom. The van der Waals surface area contributed by atoms with Crippen LogP contribution < -0.4 is 14.4 Å². The molecule has 2 N–H and O–H groups in total. The SMILES string of the molecule is CNC(=O)c1c(C2=CC=C(F)CC2)oc2cc(N(C)S(C)(=O)=O)c(-c3ccc(OC)c(-c4nc5ncccc5[nH]4)c3)cc12. The molecule has 0 fully saturated rings. The first-order valence-electron chi connectivity index (χ1n) is 13.4. The van der Waals surface area contributed by atoms with E-state index < -0.39 is 10.0 Å². The van der Waals surface area contributed by atoms with E-state index in [2.05, 4.69) is 20.3 Å². The number of halogens is 1. The largest absolute Gasteiger partial charge is 0.496 e. The number of H-pyrrole nitrogens is 1. The Kier molecular flexibility index (Phi) is 7.01. The fourth-order valence-corrected chi connectivity index (χ4v) is 5.72. The number of furan rings is 1. The average Bonchev–Trinajstić information content (AvgIpc) is 3.61. The fourth-order valence-electron chi connectivity index (χ4n) is 5.21. The van der Waals surface area contributed by atoms with Crippen molar-refractivity contribution in [1.82, 2.24) is 20.3 Å². The summed E-state index contributed by atoms with van der Waals surface area (Å²) in [4.78, 5) is 25.4. The smallest absolute Gasteiger partial charge is 0.255 e. The Hall–Kier alpha value is -4.97. The molecule has 10 nitrogen and oxygen atoms in total. The number of aromatic amines is 1. The van der Waals surface area contributed by atoms with Crippen molar-refractivity contribution in [2.75, 3.05) is 31.8 Å². The summed E-state index contributed by atoms with van der Waals surface area (Å²) in [5.41, 5.74) is 4.69. The summed E-state index contributed by atoms with van der Waals surface area (Å²) in [6, 6.07) is 12.4. The number of benzene rings is 2. The van der Waals surface area contributed by atoms with Crippen molar-refractivity contribution in [3.63, 3.8) is 0 Å². The molecule has 1 amide bonds. The van der Waals surface area contributed by atoms with Crippen LogP contribution in [0.5, 0.6) is 5.75 Å². The number of nitrogens with one attached hydrogen (secondary N) is 2. The third-order valence-electron chi connectivity index (χ3n) is 7.51. The van der Waals surface area contributed by atoms with Crippen molar-refractivity contribution in [3.05, 3.63) is 78.0 Å². The summed E-state index contributed by atoms with van der Waals surface area (Å²) in [6.07, 6.45) is 6.27. The molecule has 0 saturated carbocycles. The lowest BCUT2D eigenvalue weighted by Gasteiger charge is -2.21. The monoisotopic (exact) mass is 601 g/mol. The Morgan fingerprint density at radius 3 is 2.63 bits per heavy atom. The zero-order valence-electron chi connectivity index (χ0n) is 23.9. The number of carbonyl (C=O) groups is 1. The first-order valence-corrected chi connectivity index (χ1v) is 15.3. The number of imidazole rings is 1. The van der Waals surface area contributed by atoms with Crippen molar-refractivity contribution in [2.24, 2.45) is 0 Å². The van der Waals surface area contributed by atoms with Gasteiger partial charge in [-0.15, -0.1) is 0 Å². The second-order valence-corrected chi connectivity index (χ2v) is 12.2. The summed E-state index contributed by atoms with van der Waals surface area (Å²) in [5.74, 6) is 0.741. The number of rotatable bonds is 7. The van der Waals surface area contributed by atoms with Crippen LogP contribution in [0.25, 0.3) is 50.2 Å². The van der Waals surface area contributed by atoms with Crippen LogP contribution in [0.3, 0.4) is 0 Å². The summed E-state index contributed by atoms with van der Waals surface area (Å²) >= 11 is 0. The quantitative estimate of drug-likeness (QED) is 0.240. The number of ether oxygens (including phenoxy) is 1. The van der Waals surface area contributed by atoms with Crippen molar-refractivity contribution in [3.8, 4) is 28.3 Å². The van der Waals surface area contributed by atoms with Crippen molar-refractivity contribution < 1.29 is 26.8 Å². The summed E-state index contributed by atoms with van der Waals surface area (Å²) < 4.78 is 52.4. The van der Waals surface area contributed by atoms with Gasteiger partial charge in [-0.1, -0.05) is 12.1 Å². The molecule has 3 aromatic heterocycles. The standard InChI is InChI=1S/C31H28FN5O5S/c1-33-31(38)27-21-15-20(18-9-12-25(41-3)22(14-18)29-35-23-6-5-13-34-30(23)36-29)24(37(2)43(4,39)40)16-26(21)42-28(27)17-7-10-19(32)11-8-17/h5-7,9-10,12-16H,8,11H2,1-4H3,(H,33,38)(H,34,35,36). The van der Waals surface area contributed by atoms with Gasteiger partial charge in [0.25, 0.3) is 5.91 Å². The number of fused-ring (bicyclic) bond motifs is 2. The summed E-state index contributed by atoms with van der Waals surface area (Å²) in [7, 11) is 0.828. The first kappa shape index (κ1) is 28.2. The average molecular weight is 602 g/mol. The molecule has 0 spiro atoms. The second-order valence-electron chi connectivity index (χ2n) is 10.2. The molecule has 1 aliphatic rings. The molecule has 2 aromatic carbocycles. The highest BCUT2D eigenvalue weighted by Gasteiger charge is 2.27. The topological polar surface area (TPSA) is 130 Å². The molecule has 43 heavy (non-hydrogen) atoms. The fraction of sp³-hybridized carbons (Fsp3) is 0.194. The number of nitrogens with zero attached hydrogens (tertiary/aromatic N) is 3. The predicted molar refractivity (Wildman–Crippen MR) is 164 cm³/mol. The molecule has 12 heteroatoms. The van der Waals surface area contributed by atoms with Gasteiger partial charge in [0.05, 0.1) is 35.7 Å². The summed E-state index contributed by atoms with van der Waals surface area (Å²) in [5, 5.41) is 3.15. The molecular formula is C31H28FN5O5S. The van der Waals surface area contributed by atoms with Crippen molar-refractivity contribution in [2.45, 2.75) is 12.8 Å². The van der Waals surface area contributed by atoms with Gasteiger partial charge in [-0.25, -0.2) is 22.8 Å². The maximum atomic E-state index is 13.8. The normalized spacial score (nSPS) is 13.6. The van der Waals surface area contributed by atoms with E-state index >= 15 is 0 Å². The van der Waals surface area contributed by atoms with Crippen LogP contribution >= 0.6 is 0 Å². The van der Waals surface area contributed by atoms with Gasteiger partial charge in [-0.3, -0.25) is 9.10 Å². The van der Waals surface area contributed by atoms with Crippen LogP contribution in [-0.2, 0) is 10.0 Å². The molecule has 220 valence electrons. The van der Waals surface area contributed by atoms with Gasteiger partial charge in [0, 0.05) is 43.7 Å². The number of pyridine rings is 1. The zero-order valence-corrected chi connectivity index (χ0v) is 24.7. The first-order chi connectivity index (χ1) is 20.6. The van der Waals surface area contributed by atoms with Gasteiger partial charge in [0.1, 0.15) is 28.7 Å². The van der Waals surface area contributed by atoms with Crippen molar-refractivity contribution >= 4 is 49.3 Å². The van der Waals surface area contributed by atoms with E-state index in [0.29, 0.717) is 68.3 Å². The molecule has 5 aromatic rings. The van der Waals surface area contributed by atoms with E-state index in [4.69, 9.17) is 9.15 Å². The van der Waals surface area contributed by atoms with Gasteiger partial charge in [-0.05, 0) is 54.0 Å². The summed E-state index contributed by atoms with van der Waals surface area (Å²) in [6.45, 7) is 0. The number of anilines is 1. The van der Waals surface area contributed by atoms with E-state index in [9.17, 15) is 17.6 Å². The zero-order chi connectivity index (χ0) is 30.5. The molecule has 0 radical (unpaired) electrons. The highest BCUT2D eigenvalue weighted by atomic mass is 32.2. The number of amides is 1. The highest BCUT2D eigenvalue weighted by molar-refractivity contribution is 7.92. The number of hydrogen-bond acceptors (Lipinski definition) is 7. The predicted octanol–water partition coefficient (Wildman–Crippen LogP) is 5.83. The Bertz CT molecular complexity index is 2060. The minimum Gasteiger partial charge on any atom is -0.496 e. The molecule has 3 heterocycles. The van der Waals surface area contributed by atoms with E-state index in [0.717, 1.165) is 16.1 Å². The Labute approximate surface area is 246 Å². The van der Waals surface area contributed by atoms with Gasteiger partial charge in [-0.2, -0.15) is 0 Å². The second kappa shape index (κ2) is 10.7. The lowest BCUT2D eigenvalue weighted by atomic mass is 9.95. The van der Waals surface area contributed by atoms with E-state index in [1.54, 1.807) is 43.6 Å². The molecule has 0 bridgehead atoms. The lowest BCUT2D eigenvalue weighted by molar-refractivity contribution is 0.0963. The van der Waals surface area contributed by atoms with Gasteiger partial charge in [0.15, 0.2) is 5.65 Å². The van der Waals surface area contributed by atoms with Crippen LogP contribution in [0.15, 0.2) is 71.1 Å². The molecule has 0 unspecified atom stereocenters. The Balaban J connectivity index is 1.62. The number of hydrogen-bond donors (Lipinski definition) is 2.